The van der Waals surface area contributed by atoms with Gasteiger partial charge in [-0.25, -0.2) is 0 Å². The summed E-state index contributed by atoms with van der Waals surface area (Å²) in [6.07, 6.45) is 0. The van der Waals surface area contributed by atoms with Crippen molar-refractivity contribution < 1.29 is 4.79 Å². The maximum atomic E-state index is 12.9. The van der Waals surface area contributed by atoms with E-state index in [1.165, 1.54) is 11.1 Å². The number of thiocarbonyl (C=S) groups is 1. The number of nitrogens with zero attached hydrogens (tertiary/aromatic N) is 1. The average molecular weight is 479 g/mol. The molecule has 1 atom stereocenters. The summed E-state index contributed by atoms with van der Waals surface area (Å²) < 4.78 is 0. The van der Waals surface area contributed by atoms with E-state index < -0.39 is 5.41 Å². The molecule has 0 bridgehead atoms. The van der Waals surface area contributed by atoms with Gasteiger partial charge in [-0.05, 0) is 35.7 Å². The van der Waals surface area contributed by atoms with Crippen molar-refractivity contribution in [2.24, 2.45) is 0 Å². The van der Waals surface area contributed by atoms with Crippen molar-refractivity contribution >= 4 is 23.1 Å². The molecule has 1 amide bonds. The molecule has 0 heterocycles. The molecule has 1 N–H and O–H groups in total. The Labute approximate surface area is 213 Å². The lowest BCUT2D eigenvalue weighted by molar-refractivity contribution is 0.0948. The highest BCUT2D eigenvalue weighted by atomic mass is 32.1. The molecule has 0 aliphatic rings. The summed E-state index contributed by atoms with van der Waals surface area (Å²) in [6.45, 7) is 3.88. The van der Waals surface area contributed by atoms with Gasteiger partial charge in [0, 0.05) is 25.2 Å². The van der Waals surface area contributed by atoms with Crippen LogP contribution in [0.25, 0.3) is 0 Å². The first-order valence-electron chi connectivity index (χ1n) is 11.8. The molecule has 4 heteroatoms. The van der Waals surface area contributed by atoms with Gasteiger partial charge in [0.15, 0.2) is 0 Å². The SMILES string of the molecule is C[C@@](CNC(=O)c1ccccc1)(C(=S)N(Cc1ccccc1)Cc1ccccc1)c1ccccc1. The maximum Gasteiger partial charge on any atom is 0.251 e. The molecule has 0 saturated heterocycles. The molecule has 0 aromatic heterocycles. The van der Waals surface area contributed by atoms with Crippen LogP contribution in [-0.4, -0.2) is 22.3 Å². The Kier molecular flexibility index (Phi) is 8.07. The van der Waals surface area contributed by atoms with Crippen LogP contribution in [0.5, 0.6) is 0 Å². The largest absolute Gasteiger partial charge is 0.357 e. The summed E-state index contributed by atoms with van der Waals surface area (Å²) in [5, 5.41) is 3.15. The normalized spacial score (nSPS) is 12.4. The van der Waals surface area contributed by atoms with E-state index in [9.17, 15) is 4.79 Å². The van der Waals surface area contributed by atoms with Crippen LogP contribution in [0.3, 0.4) is 0 Å². The molecule has 35 heavy (non-hydrogen) atoms. The van der Waals surface area contributed by atoms with E-state index in [1.54, 1.807) is 0 Å². The zero-order valence-corrected chi connectivity index (χ0v) is 20.7. The minimum Gasteiger partial charge on any atom is -0.357 e. The molecule has 0 radical (unpaired) electrons. The third-order valence-electron chi connectivity index (χ3n) is 6.24. The first kappa shape index (κ1) is 24.4. The Hall–Kier alpha value is -3.76. The van der Waals surface area contributed by atoms with Gasteiger partial charge in [-0.2, -0.15) is 0 Å². The second-order valence-electron chi connectivity index (χ2n) is 8.88. The first-order valence-corrected chi connectivity index (χ1v) is 12.2. The molecular formula is C31H30N2OS. The van der Waals surface area contributed by atoms with Crippen molar-refractivity contribution in [1.82, 2.24) is 10.2 Å². The van der Waals surface area contributed by atoms with Crippen LogP contribution < -0.4 is 5.32 Å². The lowest BCUT2D eigenvalue weighted by atomic mass is 9.81. The van der Waals surface area contributed by atoms with Gasteiger partial charge in [0.1, 0.15) is 0 Å². The molecule has 4 aromatic rings. The third kappa shape index (κ3) is 6.23. The van der Waals surface area contributed by atoms with Crippen LogP contribution in [0, 0.1) is 0 Å². The Balaban J connectivity index is 1.65. The van der Waals surface area contributed by atoms with Crippen LogP contribution in [-0.2, 0) is 18.5 Å². The molecule has 0 unspecified atom stereocenters. The monoisotopic (exact) mass is 478 g/mol. The minimum absolute atomic E-state index is 0.103. The Bertz CT molecular complexity index is 1190. The molecule has 0 fully saturated rings. The van der Waals surface area contributed by atoms with Gasteiger partial charge < -0.3 is 10.2 Å². The predicted molar refractivity (Wildman–Crippen MR) is 147 cm³/mol. The van der Waals surface area contributed by atoms with Gasteiger partial charge in [0.2, 0.25) is 0 Å². The van der Waals surface area contributed by atoms with Crippen molar-refractivity contribution in [1.29, 1.82) is 0 Å². The minimum atomic E-state index is -0.579. The molecule has 0 aliphatic heterocycles. The Morgan fingerprint density at radius 1 is 0.714 bits per heavy atom. The van der Waals surface area contributed by atoms with Gasteiger partial charge in [0.25, 0.3) is 5.91 Å². The van der Waals surface area contributed by atoms with E-state index in [-0.39, 0.29) is 5.91 Å². The van der Waals surface area contributed by atoms with Crippen LogP contribution >= 0.6 is 12.2 Å². The average Bonchev–Trinajstić information content (AvgIpc) is 2.93. The van der Waals surface area contributed by atoms with Gasteiger partial charge in [0.05, 0.1) is 10.4 Å². The topological polar surface area (TPSA) is 32.3 Å². The molecule has 0 spiro atoms. The van der Waals surface area contributed by atoms with E-state index >= 15 is 0 Å². The smallest absolute Gasteiger partial charge is 0.251 e. The van der Waals surface area contributed by atoms with Crippen molar-refractivity contribution in [3.8, 4) is 0 Å². The summed E-state index contributed by atoms with van der Waals surface area (Å²) in [5.41, 5.74) is 3.51. The molecule has 176 valence electrons. The van der Waals surface area contributed by atoms with E-state index in [0.717, 1.165) is 10.6 Å². The van der Waals surface area contributed by atoms with Gasteiger partial charge >= 0.3 is 0 Å². The number of hydrogen-bond donors (Lipinski definition) is 1. The zero-order valence-electron chi connectivity index (χ0n) is 19.9. The molecule has 4 rings (SSSR count). The highest BCUT2D eigenvalue weighted by molar-refractivity contribution is 7.80. The number of hydrogen-bond acceptors (Lipinski definition) is 2. The van der Waals surface area contributed by atoms with Crippen molar-refractivity contribution in [3.63, 3.8) is 0 Å². The number of carbonyl (C=O) groups excluding carboxylic acids is 1. The number of amides is 1. The van der Waals surface area contributed by atoms with Crippen LogP contribution in [0.2, 0.25) is 0 Å². The molecule has 0 aliphatic carbocycles. The molecular weight excluding hydrogens is 448 g/mol. The Morgan fingerprint density at radius 2 is 1.14 bits per heavy atom. The maximum absolute atomic E-state index is 12.9. The fourth-order valence-electron chi connectivity index (χ4n) is 4.21. The lowest BCUT2D eigenvalue weighted by Crippen LogP contribution is -2.50. The summed E-state index contributed by atoms with van der Waals surface area (Å²) in [6, 6.07) is 40.3. The van der Waals surface area contributed by atoms with Crippen LogP contribution in [0.1, 0.15) is 34.0 Å². The highest BCUT2D eigenvalue weighted by Crippen LogP contribution is 2.29. The summed E-state index contributed by atoms with van der Waals surface area (Å²) in [5.74, 6) is -0.103. The number of benzene rings is 4. The van der Waals surface area contributed by atoms with Crippen LogP contribution in [0.15, 0.2) is 121 Å². The zero-order chi connectivity index (χ0) is 24.5. The van der Waals surface area contributed by atoms with Crippen molar-refractivity contribution in [2.45, 2.75) is 25.4 Å². The summed E-state index contributed by atoms with van der Waals surface area (Å²) in [7, 11) is 0. The third-order valence-corrected chi connectivity index (χ3v) is 6.95. The van der Waals surface area contributed by atoms with Gasteiger partial charge in [-0.15, -0.1) is 0 Å². The summed E-state index contributed by atoms with van der Waals surface area (Å²) in [4.78, 5) is 16.0. The van der Waals surface area contributed by atoms with E-state index in [0.29, 0.717) is 25.2 Å². The first-order chi connectivity index (χ1) is 17.1. The fourth-order valence-corrected chi connectivity index (χ4v) is 4.53. The van der Waals surface area contributed by atoms with E-state index in [2.05, 4.69) is 77.8 Å². The lowest BCUT2D eigenvalue weighted by Gasteiger charge is -2.38. The number of nitrogens with one attached hydrogen (secondary N) is 1. The van der Waals surface area contributed by atoms with Crippen molar-refractivity contribution in [2.75, 3.05) is 6.54 Å². The quantitative estimate of drug-likeness (QED) is 0.282. The van der Waals surface area contributed by atoms with Gasteiger partial charge in [-0.3, -0.25) is 4.79 Å². The number of rotatable bonds is 9. The second kappa shape index (κ2) is 11.6. The van der Waals surface area contributed by atoms with Crippen LogP contribution in [0.4, 0.5) is 0 Å². The standard InChI is InChI=1S/C31H30N2OS/c1-31(28-20-12-5-13-21-28,24-32-29(34)27-18-10-4-11-19-27)30(35)33(22-25-14-6-2-7-15-25)23-26-16-8-3-9-17-26/h2-21H,22-24H2,1H3,(H,32,34)/t31-/m0/s1. The predicted octanol–water partition coefficient (Wildman–Crippen LogP) is 6.40. The molecule has 4 aromatic carbocycles. The molecule has 0 saturated carbocycles. The van der Waals surface area contributed by atoms with E-state index in [4.69, 9.17) is 12.2 Å². The van der Waals surface area contributed by atoms with E-state index in [1.807, 2.05) is 60.7 Å². The fraction of sp³-hybridized carbons (Fsp3) is 0.161. The second-order valence-corrected chi connectivity index (χ2v) is 9.27. The summed E-state index contributed by atoms with van der Waals surface area (Å²) >= 11 is 6.23. The highest BCUT2D eigenvalue weighted by Gasteiger charge is 2.35. The van der Waals surface area contributed by atoms with Crippen molar-refractivity contribution in [3.05, 3.63) is 144 Å². The van der Waals surface area contributed by atoms with Gasteiger partial charge in [-0.1, -0.05) is 121 Å². The number of carbonyl (C=O) groups is 1. The Morgan fingerprint density at radius 3 is 1.63 bits per heavy atom. The molecule has 3 nitrogen and oxygen atoms in total.